The van der Waals surface area contributed by atoms with Crippen molar-refractivity contribution in [1.29, 1.82) is 0 Å². The van der Waals surface area contributed by atoms with E-state index in [0.717, 1.165) is 0 Å². The summed E-state index contributed by atoms with van der Waals surface area (Å²) in [5.74, 6) is 0. The van der Waals surface area contributed by atoms with Gasteiger partial charge in [-0.25, -0.2) is 0 Å². The summed E-state index contributed by atoms with van der Waals surface area (Å²) in [6.45, 7) is 5.63. The Morgan fingerprint density at radius 3 is 0.418 bits per heavy atom. The minimum Gasteiger partial charge on any atom is -0.0631 e. The zero-order chi connectivity index (χ0) is 45.6. The van der Waals surface area contributed by atoms with Gasteiger partial charge in [-0.3, -0.25) is 0 Å². The van der Waals surface area contributed by atoms with Gasteiger partial charge in [0.25, 0.3) is 0 Å². The first-order chi connectivity index (χ1) is 33.1. The van der Waals surface area contributed by atoms with E-state index in [9.17, 15) is 0 Å². The molecule has 0 aliphatic heterocycles. The van der Waals surface area contributed by atoms with Crippen LogP contribution in [0.2, 0.25) is 13.1 Å². The Morgan fingerprint density at radius 2 is 0.269 bits per heavy atom. The lowest BCUT2D eigenvalue weighted by atomic mass is 10.4. The van der Waals surface area contributed by atoms with Gasteiger partial charge in [0.1, 0.15) is 36.5 Å². The highest BCUT2D eigenvalue weighted by atomic mass is 29.9. The van der Waals surface area contributed by atoms with Crippen molar-refractivity contribution in [2.75, 3.05) is 0 Å². The molecule has 0 amide bonds. The highest BCUT2D eigenvalue weighted by molar-refractivity contribution is 8.07. The summed E-state index contributed by atoms with van der Waals surface area (Å²) in [4.78, 5) is 0. The van der Waals surface area contributed by atoms with Crippen LogP contribution in [0, 0.1) is 0 Å². The average Bonchev–Trinajstić information content (AvgIpc) is 3.43. The Labute approximate surface area is 402 Å². The van der Waals surface area contributed by atoms with Crippen LogP contribution in [0.1, 0.15) is 0 Å². The summed E-state index contributed by atoms with van der Waals surface area (Å²) >= 11 is 0. The Balaban J connectivity index is 1.66. The van der Waals surface area contributed by atoms with Crippen molar-refractivity contribution in [3.05, 3.63) is 303 Å². The molecule has 0 N–H and O–H groups in total. The average molecular weight is 942 g/mol. The van der Waals surface area contributed by atoms with Crippen molar-refractivity contribution in [2.24, 2.45) is 0 Å². The van der Waals surface area contributed by atoms with E-state index in [0.29, 0.717) is 0 Å². The van der Waals surface area contributed by atoms with Crippen LogP contribution in [0.3, 0.4) is 0 Å². The van der Waals surface area contributed by atoms with Gasteiger partial charge in [0.2, 0.25) is 0 Å². The van der Waals surface area contributed by atoms with Crippen LogP contribution < -0.4 is 51.9 Å². The molecule has 0 nitrogen and oxygen atoms in total. The second kappa shape index (κ2) is 18.9. The minimum atomic E-state index is -3.67. The molecule has 0 saturated carbocycles. The largest absolute Gasteiger partial charge is 0.123 e. The molecule has 0 heterocycles. The van der Waals surface area contributed by atoms with Gasteiger partial charge in [0.15, 0.2) is 0 Å². The van der Waals surface area contributed by atoms with Crippen LogP contribution in [0.5, 0.6) is 0 Å². The van der Waals surface area contributed by atoms with Gasteiger partial charge < -0.3 is 0 Å². The van der Waals surface area contributed by atoms with Crippen molar-refractivity contribution in [3.63, 3.8) is 0 Å². The molecule has 324 valence electrons. The van der Waals surface area contributed by atoms with E-state index in [-0.39, 0.29) is 0 Å². The maximum absolute atomic E-state index is 3.67. The summed E-state index contributed by atoms with van der Waals surface area (Å²) < 4.78 is 0. The number of rotatable bonds is 14. The van der Waals surface area contributed by atoms with Crippen LogP contribution in [0.4, 0.5) is 0 Å². The van der Waals surface area contributed by atoms with Gasteiger partial charge in [0, 0.05) is 0 Å². The first-order valence-corrected chi connectivity index (χ1v) is 38.6. The topological polar surface area (TPSA) is 0 Å². The van der Waals surface area contributed by atoms with E-state index in [1.165, 1.54) is 51.9 Å². The smallest absolute Gasteiger partial charge is 0.0631 e. The fourth-order valence-corrected chi connectivity index (χ4v) is 130. The van der Waals surface area contributed by atoms with Crippen LogP contribution in [-0.4, -0.2) is 36.5 Å². The molecule has 10 rings (SSSR count). The molecule has 0 spiro atoms. The van der Waals surface area contributed by atoms with Gasteiger partial charge in [-0.05, 0) is 0 Å². The molecule has 0 fully saturated rings. The van der Waals surface area contributed by atoms with Gasteiger partial charge in [-0.1, -0.05) is 368 Å². The van der Waals surface area contributed by atoms with Gasteiger partial charge in [-0.2, -0.15) is 0 Å². The zero-order valence-electron chi connectivity index (χ0n) is 38.4. The first-order valence-electron chi connectivity index (χ1n) is 23.6. The zero-order valence-corrected chi connectivity index (χ0v) is 43.4. The second-order valence-corrected chi connectivity index (χ2v) is 56.9. The highest BCUT2D eigenvalue weighted by Gasteiger charge is 2.80. The molecule has 10 aromatic rings. The third-order valence-corrected chi connectivity index (χ3v) is 90.3. The molecule has 0 aliphatic rings. The van der Waals surface area contributed by atoms with Gasteiger partial charge in [-0.15, -0.1) is 0 Å². The standard InChI is InChI=1S/C62H56Si5/c1-63(53-33-13-3-14-34-53,54-35-15-4-16-36-54)65(57-41-21-7-22-42-57,58-43-23-8-24-44-58)67(61-49-29-11-30-50-61,62-51-31-12-32-52-62)66(59-45-25-9-26-46-59,60-47-27-10-28-48-60)64(2,55-37-17-5-18-38-55)56-39-19-6-20-40-56/h3-52H,1-2H3. The van der Waals surface area contributed by atoms with Crippen molar-refractivity contribution in [2.45, 2.75) is 13.1 Å². The number of hydrogen-bond acceptors (Lipinski definition) is 0. The lowest BCUT2D eigenvalue weighted by molar-refractivity contribution is 1.67. The molecule has 67 heavy (non-hydrogen) atoms. The second-order valence-electron chi connectivity index (χ2n) is 18.2. The molecule has 5 heteroatoms. The van der Waals surface area contributed by atoms with Crippen molar-refractivity contribution < 1.29 is 0 Å². The molecule has 0 aliphatic carbocycles. The quantitative estimate of drug-likeness (QED) is 0.0976. The molecular weight excluding hydrogens is 885 g/mol. The Morgan fingerprint density at radius 1 is 0.149 bits per heavy atom. The van der Waals surface area contributed by atoms with E-state index >= 15 is 0 Å². The maximum atomic E-state index is 2.82. The Bertz CT molecular complexity index is 2730. The third kappa shape index (κ3) is 6.79. The number of benzene rings is 10. The van der Waals surface area contributed by atoms with E-state index in [4.69, 9.17) is 0 Å². The van der Waals surface area contributed by atoms with Crippen LogP contribution >= 0.6 is 0 Å². The van der Waals surface area contributed by atoms with Crippen molar-refractivity contribution >= 4 is 88.4 Å². The summed E-state index contributed by atoms with van der Waals surface area (Å²) in [6, 6.07) is 121. The lowest BCUT2D eigenvalue weighted by Crippen LogP contribution is -3.11. The fraction of sp³-hybridized carbons (Fsp3) is 0.0323. The summed E-state index contributed by atoms with van der Waals surface area (Å²) in [6.07, 6.45) is 0. The van der Waals surface area contributed by atoms with Crippen molar-refractivity contribution in [3.8, 4) is 0 Å². The molecule has 0 radical (unpaired) electrons. The minimum absolute atomic E-state index is 1.48. The predicted molar refractivity (Wildman–Crippen MR) is 301 cm³/mol. The highest BCUT2D eigenvalue weighted by Crippen LogP contribution is 2.40. The van der Waals surface area contributed by atoms with Crippen molar-refractivity contribution in [1.82, 2.24) is 0 Å². The summed E-state index contributed by atoms with van der Waals surface area (Å²) in [5.41, 5.74) is 0. The van der Waals surface area contributed by atoms with Crippen LogP contribution in [-0.2, 0) is 0 Å². The van der Waals surface area contributed by atoms with Gasteiger partial charge >= 0.3 is 0 Å². The lowest BCUT2D eigenvalue weighted by Gasteiger charge is -2.67. The first kappa shape index (κ1) is 44.1. The van der Waals surface area contributed by atoms with Gasteiger partial charge in [0.05, 0.1) is 0 Å². The molecule has 10 aromatic carbocycles. The van der Waals surface area contributed by atoms with Crippen LogP contribution in [0.15, 0.2) is 303 Å². The van der Waals surface area contributed by atoms with Crippen LogP contribution in [0.25, 0.3) is 0 Å². The van der Waals surface area contributed by atoms with E-state index in [1.54, 1.807) is 0 Å². The molecule has 0 saturated heterocycles. The Kier molecular flexibility index (Phi) is 12.4. The van der Waals surface area contributed by atoms with E-state index in [2.05, 4.69) is 316 Å². The SMILES string of the molecule is C[Si](c1ccccc1)(c1ccccc1)[Si](c1ccccc1)(c1ccccc1)[Si](c1ccccc1)(c1ccccc1)[Si](c1ccccc1)(c1ccccc1)[Si](C)(c1ccccc1)c1ccccc1. The molecule has 0 aromatic heterocycles. The molecule has 0 bridgehead atoms. The van der Waals surface area contributed by atoms with E-state index < -0.39 is 36.5 Å². The fourth-order valence-electron chi connectivity index (χ4n) is 12.8. The predicted octanol–water partition coefficient (Wildman–Crippen LogP) is 7.88. The number of hydrogen-bond donors (Lipinski definition) is 0. The molecule has 0 atom stereocenters. The normalized spacial score (nSPS) is 12.3. The maximum Gasteiger partial charge on any atom is 0.123 e. The molecular formula is C62H56Si5. The molecule has 0 unspecified atom stereocenters. The summed E-state index contributed by atoms with van der Waals surface area (Å²) in [7, 11) is -17.1. The Hall–Kier alpha value is -6.72. The third-order valence-electron chi connectivity index (χ3n) is 15.3. The summed E-state index contributed by atoms with van der Waals surface area (Å²) in [5, 5.41) is 15.0. The monoisotopic (exact) mass is 940 g/mol. The van der Waals surface area contributed by atoms with E-state index in [1.807, 2.05) is 0 Å².